The summed E-state index contributed by atoms with van der Waals surface area (Å²) in [7, 11) is -3.48. The van der Waals surface area contributed by atoms with Gasteiger partial charge in [-0.05, 0) is 51.0 Å². The number of hydrogen-bond donors (Lipinski definition) is 1. The van der Waals surface area contributed by atoms with Crippen LogP contribution in [0.4, 0.5) is 5.69 Å². The molecule has 0 bridgehead atoms. The number of anilines is 1. The third-order valence-electron chi connectivity index (χ3n) is 3.79. The van der Waals surface area contributed by atoms with E-state index in [-0.39, 0.29) is 4.90 Å². The smallest absolute Gasteiger partial charge is 0.331 e. The Kier molecular flexibility index (Phi) is 6.33. The fourth-order valence-electron chi connectivity index (χ4n) is 2.43. The van der Waals surface area contributed by atoms with E-state index >= 15 is 0 Å². The summed E-state index contributed by atoms with van der Waals surface area (Å²) in [6, 6.07) is 5.95. The highest BCUT2D eigenvalue weighted by molar-refractivity contribution is 7.89. The van der Waals surface area contributed by atoms with Crippen molar-refractivity contribution < 1.29 is 22.7 Å². The molecule has 0 unspecified atom stereocenters. The highest BCUT2D eigenvalue weighted by Crippen LogP contribution is 2.22. The van der Waals surface area contributed by atoms with E-state index in [4.69, 9.17) is 4.74 Å². The van der Waals surface area contributed by atoms with Gasteiger partial charge in [0, 0.05) is 24.9 Å². The molecule has 7 nitrogen and oxygen atoms in total. The zero-order valence-corrected chi connectivity index (χ0v) is 15.1. The Labute approximate surface area is 147 Å². The van der Waals surface area contributed by atoms with Crippen LogP contribution in [0.15, 0.2) is 41.3 Å². The molecule has 1 saturated heterocycles. The fraction of sp³-hybridized carbons (Fsp3) is 0.412. The van der Waals surface area contributed by atoms with Gasteiger partial charge in [-0.1, -0.05) is 6.08 Å². The van der Waals surface area contributed by atoms with Crippen molar-refractivity contribution in [1.29, 1.82) is 0 Å². The standard InChI is InChI=1S/C17H22N2O5S/c1-3-6-16(20)24-13(2)17(21)18-14-7-9-15(10-8-14)25(22,23)19-11-4-5-12-19/h3,6-10,13H,4-5,11-12H2,1-2H3,(H,18,21)/b6-3+/t13-/m0/s1. The van der Waals surface area contributed by atoms with Gasteiger partial charge in [0.25, 0.3) is 5.91 Å². The number of allylic oxidation sites excluding steroid dienone is 1. The van der Waals surface area contributed by atoms with Crippen LogP contribution >= 0.6 is 0 Å². The van der Waals surface area contributed by atoms with Gasteiger partial charge in [-0.25, -0.2) is 13.2 Å². The Morgan fingerprint density at radius 3 is 2.36 bits per heavy atom. The summed E-state index contributed by atoms with van der Waals surface area (Å²) in [6.45, 7) is 4.21. The van der Waals surface area contributed by atoms with Crippen LogP contribution in [0.2, 0.25) is 0 Å². The second-order valence-electron chi connectivity index (χ2n) is 5.70. The Morgan fingerprint density at radius 1 is 1.20 bits per heavy atom. The number of carbonyl (C=O) groups is 2. The van der Waals surface area contributed by atoms with Crippen molar-refractivity contribution in [2.45, 2.75) is 37.7 Å². The number of amides is 1. The number of benzene rings is 1. The normalized spacial score (nSPS) is 16.7. The van der Waals surface area contributed by atoms with Crippen molar-refractivity contribution in [1.82, 2.24) is 4.31 Å². The highest BCUT2D eigenvalue weighted by Gasteiger charge is 2.27. The van der Waals surface area contributed by atoms with Gasteiger partial charge >= 0.3 is 5.97 Å². The predicted octanol–water partition coefficient (Wildman–Crippen LogP) is 1.92. The minimum atomic E-state index is -3.48. The van der Waals surface area contributed by atoms with E-state index in [9.17, 15) is 18.0 Å². The number of ether oxygens (including phenoxy) is 1. The highest BCUT2D eigenvalue weighted by atomic mass is 32.2. The molecule has 1 N–H and O–H groups in total. The van der Waals surface area contributed by atoms with Gasteiger partial charge in [0.05, 0.1) is 4.90 Å². The van der Waals surface area contributed by atoms with E-state index in [1.807, 2.05) is 0 Å². The van der Waals surface area contributed by atoms with Crippen LogP contribution in [0.25, 0.3) is 0 Å². The number of carbonyl (C=O) groups excluding carboxylic acids is 2. The van der Waals surface area contributed by atoms with Crippen LogP contribution in [-0.2, 0) is 24.3 Å². The lowest BCUT2D eigenvalue weighted by Gasteiger charge is -2.16. The molecule has 0 saturated carbocycles. The average molecular weight is 366 g/mol. The minimum Gasteiger partial charge on any atom is -0.449 e. The van der Waals surface area contributed by atoms with Crippen molar-refractivity contribution in [2.75, 3.05) is 18.4 Å². The van der Waals surface area contributed by atoms with Gasteiger partial charge in [-0.2, -0.15) is 4.31 Å². The first kappa shape index (κ1) is 19.1. The molecule has 0 spiro atoms. The third-order valence-corrected chi connectivity index (χ3v) is 5.70. The van der Waals surface area contributed by atoms with E-state index in [0.717, 1.165) is 12.8 Å². The Bertz CT molecular complexity index is 750. The molecular weight excluding hydrogens is 344 g/mol. The van der Waals surface area contributed by atoms with Crippen molar-refractivity contribution in [3.8, 4) is 0 Å². The molecule has 1 amide bonds. The van der Waals surface area contributed by atoms with Gasteiger partial charge in [-0.3, -0.25) is 4.79 Å². The molecule has 0 aliphatic carbocycles. The summed E-state index contributed by atoms with van der Waals surface area (Å²) >= 11 is 0. The third kappa shape index (κ3) is 4.90. The van der Waals surface area contributed by atoms with E-state index in [1.54, 1.807) is 6.92 Å². The maximum atomic E-state index is 12.4. The van der Waals surface area contributed by atoms with Crippen molar-refractivity contribution in [3.05, 3.63) is 36.4 Å². The molecule has 1 aliphatic rings. The first-order chi connectivity index (χ1) is 11.8. The van der Waals surface area contributed by atoms with Crippen molar-refractivity contribution in [2.24, 2.45) is 0 Å². The summed E-state index contributed by atoms with van der Waals surface area (Å²) in [4.78, 5) is 23.5. The van der Waals surface area contributed by atoms with E-state index in [2.05, 4.69) is 5.32 Å². The second kappa shape index (κ2) is 8.26. The van der Waals surface area contributed by atoms with Crippen LogP contribution < -0.4 is 5.32 Å². The number of sulfonamides is 1. The molecule has 136 valence electrons. The van der Waals surface area contributed by atoms with Gasteiger partial charge in [0.1, 0.15) is 0 Å². The maximum Gasteiger partial charge on any atom is 0.331 e. The number of esters is 1. The van der Waals surface area contributed by atoms with E-state index in [0.29, 0.717) is 18.8 Å². The average Bonchev–Trinajstić information content (AvgIpc) is 3.10. The van der Waals surface area contributed by atoms with Crippen molar-refractivity contribution in [3.63, 3.8) is 0 Å². The number of nitrogens with zero attached hydrogens (tertiary/aromatic N) is 1. The molecule has 1 aliphatic heterocycles. The molecule has 8 heteroatoms. The molecule has 2 rings (SSSR count). The SMILES string of the molecule is C/C=C/C(=O)O[C@@H](C)C(=O)Nc1ccc(S(=O)(=O)N2CCCC2)cc1. The molecule has 1 atom stereocenters. The molecule has 1 heterocycles. The van der Waals surface area contributed by atoms with Gasteiger partial charge in [0.2, 0.25) is 10.0 Å². The topological polar surface area (TPSA) is 92.8 Å². The first-order valence-electron chi connectivity index (χ1n) is 8.09. The number of rotatable bonds is 6. The predicted molar refractivity (Wildman–Crippen MR) is 93.4 cm³/mol. The van der Waals surface area contributed by atoms with Gasteiger partial charge in [0.15, 0.2) is 6.10 Å². The molecular formula is C17H22N2O5S. The lowest BCUT2D eigenvalue weighted by molar-refractivity contribution is -0.148. The molecule has 0 aromatic heterocycles. The largest absolute Gasteiger partial charge is 0.449 e. The zero-order valence-electron chi connectivity index (χ0n) is 14.3. The summed E-state index contributed by atoms with van der Waals surface area (Å²) < 4.78 is 31.3. The summed E-state index contributed by atoms with van der Waals surface area (Å²) in [6.07, 6.45) is 3.53. The lowest BCUT2D eigenvalue weighted by atomic mass is 10.3. The molecule has 0 radical (unpaired) electrons. The Hall–Kier alpha value is -2.19. The minimum absolute atomic E-state index is 0.194. The van der Waals surface area contributed by atoms with Gasteiger partial charge < -0.3 is 10.1 Å². The number of hydrogen-bond acceptors (Lipinski definition) is 5. The molecule has 1 fully saturated rings. The quantitative estimate of drug-likeness (QED) is 0.613. The maximum absolute atomic E-state index is 12.4. The second-order valence-corrected chi connectivity index (χ2v) is 7.64. The molecule has 1 aromatic carbocycles. The fourth-order valence-corrected chi connectivity index (χ4v) is 3.95. The van der Waals surface area contributed by atoms with Crippen LogP contribution in [0.5, 0.6) is 0 Å². The first-order valence-corrected chi connectivity index (χ1v) is 9.53. The Balaban J connectivity index is 2.00. The van der Waals surface area contributed by atoms with Gasteiger partial charge in [-0.15, -0.1) is 0 Å². The van der Waals surface area contributed by atoms with E-state index < -0.39 is 28.0 Å². The molecule has 1 aromatic rings. The van der Waals surface area contributed by atoms with Crippen LogP contribution in [0.1, 0.15) is 26.7 Å². The van der Waals surface area contributed by atoms with Crippen LogP contribution in [0.3, 0.4) is 0 Å². The lowest BCUT2D eigenvalue weighted by Crippen LogP contribution is -2.29. The summed E-state index contributed by atoms with van der Waals surface area (Å²) in [5, 5.41) is 2.59. The van der Waals surface area contributed by atoms with Crippen molar-refractivity contribution >= 4 is 27.6 Å². The van der Waals surface area contributed by atoms with E-state index in [1.165, 1.54) is 47.6 Å². The monoisotopic (exact) mass is 366 g/mol. The summed E-state index contributed by atoms with van der Waals surface area (Å²) in [5.41, 5.74) is 0.430. The van der Waals surface area contributed by atoms with Crippen LogP contribution in [-0.4, -0.2) is 43.8 Å². The zero-order chi connectivity index (χ0) is 18.4. The number of nitrogens with one attached hydrogen (secondary N) is 1. The molecule has 25 heavy (non-hydrogen) atoms. The van der Waals surface area contributed by atoms with Crippen LogP contribution in [0, 0.1) is 0 Å². The summed E-state index contributed by atoms with van der Waals surface area (Å²) in [5.74, 6) is -1.09. The Morgan fingerprint density at radius 2 is 1.80 bits per heavy atom.